The van der Waals surface area contributed by atoms with Crippen LogP contribution in [0.25, 0.3) is 229 Å². The Morgan fingerprint density at radius 3 is 1.13 bits per heavy atom. The molecule has 0 aliphatic heterocycles. The Labute approximate surface area is 661 Å². The normalized spacial score (nSPS) is 12.0. The number of rotatable bonds is 11. The Kier molecular flexibility index (Phi) is 14.3. The summed E-state index contributed by atoms with van der Waals surface area (Å²) in [4.78, 5) is 22.3. The van der Waals surface area contributed by atoms with Crippen molar-refractivity contribution in [2.75, 3.05) is 0 Å². The first-order valence-electron chi connectivity index (χ1n) is 38.6. The third kappa shape index (κ3) is 9.94. The molecule has 10 heteroatoms. The molecule has 530 valence electrons. The second-order valence-corrected chi connectivity index (χ2v) is 31.7. The fraction of sp³-hybridized carbons (Fsp3) is 0. The van der Waals surface area contributed by atoms with E-state index >= 15 is 0 Å². The number of nitrogens with zero attached hydrogens (tertiary/aromatic N) is 8. The third-order valence-corrected chi connectivity index (χ3v) is 25.6. The van der Waals surface area contributed by atoms with Gasteiger partial charge in [-0.1, -0.05) is 261 Å². The maximum absolute atomic E-state index is 5.76. The fourth-order valence-corrected chi connectivity index (χ4v) is 20.6. The van der Waals surface area contributed by atoms with E-state index in [0.29, 0.717) is 11.8 Å². The van der Waals surface area contributed by atoms with E-state index in [1.807, 2.05) is 22.7 Å². The summed E-state index contributed by atoms with van der Waals surface area (Å²) in [5.74, 6) is 2.05. The minimum Gasteiger partial charge on any atom is -0.309 e. The Morgan fingerprint density at radius 2 is 0.596 bits per heavy atom. The minimum atomic E-state index is 0.626. The standard InChI is InChI=1S/C104H62N8S2/c1-6-27-63(28-7-1)85-61-86(64-29-8-2-9-30-64)107-104(106-85)112-90-46-23-18-41-75(90)84-60-80(102-98(100(84)112)78-43-20-25-48-95(78)114-102)69-51-54-92-82(57-69)76-52-49-67(58-93(76)110(92)72-37-14-5-15-38-72)66-33-26-34-70(55-66)103-105-87(65-31-10-3-11-32-65)62-96(108-103)111-89-45-22-17-40-74(89)83-59-79(101-97(99(83)111)77-42-19-24-47-94(77)113-101)68-50-53-91-81(56-68)73-39-16-21-44-88(73)109(91)71-35-12-4-13-36-71/h1-62H. The van der Waals surface area contributed by atoms with Crippen molar-refractivity contribution in [2.45, 2.75) is 0 Å². The average Bonchev–Trinajstić information content (AvgIpc) is 1.55. The zero-order valence-electron chi connectivity index (χ0n) is 61.2. The summed E-state index contributed by atoms with van der Waals surface area (Å²) in [6.07, 6.45) is 0. The molecular formula is C104H62N8S2. The van der Waals surface area contributed by atoms with Crippen LogP contribution in [-0.4, -0.2) is 38.2 Å². The Balaban J connectivity index is 0.665. The molecule has 24 rings (SSSR count). The molecule has 0 radical (unpaired) electrons. The van der Waals surface area contributed by atoms with Crippen LogP contribution in [0.1, 0.15) is 0 Å². The maximum Gasteiger partial charge on any atom is 0.235 e. The molecule has 0 saturated heterocycles. The fourth-order valence-electron chi connectivity index (χ4n) is 18.1. The summed E-state index contributed by atoms with van der Waals surface area (Å²) in [5, 5.41) is 14.2. The zero-order valence-corrected chi connectivity index (χ0v) is 62.8. The zero-order chi connectivity index (χ0) is 74.6. The minimum absolute atomic E-state index is 0.626. The van der Waals surface area contributed by atoms with Crippen molar-refractivity contribution in [2.24, 2.45) is 0 Å². The van der Waals surface area contributed by atoms with Gasteiger partial charge in [-0.3, -0.25) is 9.13 Å². The number of aromatic nitrogens is 8. The van der Waals surface area contributed by atoms with Gasteiger partial charge in [0.25, 0.3) is 0 Å². The largest absolute Gasteiger partial charge is 0.309 e. The molecular weight excluding hydrogens is 1430 g/mol. The number of benzene rings is 16. The van der Waals surface area contributed by atoms with Gasteiger partial charge >= 0.3 is 0 Å². The molecule has 24 aromatic rings. The van der Waals surface area contributed by atoms with Crippen LogP contribution in [0.5, 0.6) is 0 Å². The highest BCUT2D eigenvalue weighted by molar-refractivity contribution is 7.27. The van der Waals surface area contributed by atoms with Crippen LogP contribution in [0.3, 0.4) is 0 Å². The van der Waals surface area contributed by atoms with Gasteiger partial charge < -0.3 is 9.13 Å². The van der Waals surface area contributed by atoms with Gasteiger partial charge in [-0.2, -0.15) is 0 Å². The summed E-state index contributed by atoms with van der Waals surface area (Å²) in [5.41, 5.74) is 24.5. The van der Waals surface area contributed by atoms with Crippen molar-refractivity contribution in [3.63, 3.8) is 0 Å². The highest BCUT2D eigenvalue weighted by Crippen LogP contribution is 2.52. The van der Waals surface area contributed by atoms with Crippen LogP contribution in [0.15, 0.2) is 376 Å². The highest BCUT2D eigenvalue weighted by atomic mass is 32.1. The van der Waals surface area contributed by atoms with E-state index < -0.39 is 0 Å². The molecule has 8 heterocycles. The molecule has 0 atom stereocenters. The number of para-hydroxylation sites is 5. The van der Waals surface area contributed by atoms with Crippen LogP contribution in [0, 0.1) is 0 Å². The van der Waals surface area contributed by atoms with E-state index in [2.05, 4.69) is 394 Å². The molecule has 16 aromatic carbocycles. The maximum atomic E-state index is 5.76. The Morgan fingerprint density at radius 1 is 0.211 bits per heavy atom. The number of hydrogen-bond donors (Lipinski definition) is 0. The van der Waals surface area contributed by atoms with Gasteiger partial charge in [-0.25, -0.2) is 19.9 Å². The highest BCUT2D eigenvalue weighted by Gasteiger charge is 2.28. The molecule has 8 nitrogen and oxygen atoms in total. The Hall–Kier alpha value is -14.7. The second kappa shape index (κ2) is 25.4. The number of thiophene rings is 2. The van der Waals surface area contributed by atoms with Crippen molar-refractivity contribution < 1.29 is 0 Å². The van der Waals surface area contributed by atoms with Crippen molar-refractivity contribution in [1.29, 1.82) is 0 Å². The SMILES string of the molecule is c1ccc(-c2cc(-n3c4ccccc4c4cc(-c5ccc6c(c5)c5ccccc5n6-c5ccccc5)c5sc6ccccc6c5c43)nc(-c3cccc(-c4ccc5c6cc(-c7cc8c9ccccc9n(-c9nc(-c%10ccccc%10)cc(-c%10ccccc%10)n9)c8c8c7sc7ccccc78)ccc6n(-c6ccccc6)c5c4)c3)n2)cc1. The lowest BCUT2D eigenvalue weighted by molar-refractivity contribution is 0.998. The van der Waals surface area contributed by atoms with E-state index in [1.165, 1.54) is 84.2 Å². The molecule has 0 aliphatic rings. The first-order chi connectivity index (χ1) is 56.5. The monoisotopic (exact) mass is 1490 g/mol. The summed E-state index contributed by atoms with van der Waals surface area (Å²) < 4.78 is 14.5. The number of hydrogen-bond acceptors (Lipinski definition) is 6. The van der Waals surface area contributed by atoms with Crippen molar-refractivity contribution in [3.8, 4) is 102 Å². The molecule has 0 unspecified atom stereocenters. The van der Waals surface area contributed by atoms with Gasteiger partial charge in [0, 0.05) is 134 Å². The van der Waals surface area contributed by atoms with Crippen LogP contribution < -0.4 is 0 Å². The lowest BCUT2D eigenvalue weighted by atomic mass is 9.97. The van der Waals surface area contributed by atoms with E-state index in [9.17, 15) is 0 Å². The van der Waals surface area contributed by atoms with Crippen LogP contribution >= 0.6 is 22.7 Å². The van der Waals surface area contributed by atoms with Gasteiger partial charge in [0.2, 0.25) is 5.95 Å². The Bertz CT molecular complexity index is 8030. The lowest BCUT2D eigenvalue weighted by Crippen LogP contribution is -2.04. The summed E-state index contributed by atoms with van der Waals surface area (Å²) in [6.45, 7) is 0. The topological polar surface area (TPSA) is 71.3 Å². The van der Waals surface area contributed by atoms with Crippen LogP contribution in [0.2, 0.25) is 0 Å². The second-order valence-electron chi connectivity index (χ2n) is 29.6. The molecule has 0 amide bonds. The molecule has 0 N–H and O–H groups in total. The average molecular weight is 1490 g/mol. The molecule has 0 saturated carbocycles. The van der Waals surface area contributed by atoms with Crippen molar-refractivity contribution in [3.05, 3.63) is 376 Å². The summed E-state index contributed by atoms with van der Waals surface area (Å²) in [6, 6.07) is 136. The van der Waals surface area contributed by atoms with E-state index in [-0.39, 0.29) is 0 Å². The summed E-state index contributed by atoms with van der Waals surface area (Å²) in [7, 11) is 0. The first kappa shape index (κ1) is 64.2. The van der Waals surface area contributed by atoms with Gasteiger partial charge in [-0.05, 0) is 131 Å². The van der Waals surface area contributed by atoms with E-state index in [0.717, 1.165) is 133 Å². The van der Waals surface area contributed by atoms with Gasteiger partial charge in [0.05, 0.1) is 61.2 Å². The molecule has 0 spiro atoms. The van der Waals surface area contributed by atoms with Crippen molar-refractivity contribution >= 4 is 150 Å². The van der Waals surface area contributed by atoms with E-state index in [4.69, 9.17) is 19.9 Å². The first-order valence-corrected chi connectivity index (χ1v) is 40.2. The third-order valence-electron chi connectivity index (χ3n) is 23.2. The van der Waals surface area contributed by atoms with Crippen LogP contribution in [-0.2, 0) is 0 Å². The lowest BCUT2D eigenvalue weighted by Gasteiger charge is -2.14. The molecule has 0 aliphatic carbocycles. The van der Waals surface area contributed by atoms with Crippen LogP contribution in [0.4, 0.5) is 0 Å². The van der Waals surface area contributed by atoms with Gasteiger partial charge in [0.15, 0.2) is 5.82 Å². The molecule has 8 aromatic heterocycles. The summed E-state index contributed by atoms with van der Waals surface area (Å²) >= 11 is 3.72. The van der Waals surface area contributed by atoms with Crippen molar-refractivity contribution in [1.82, 2.24) is 38.2 Å². The quantitative estimate of drug-likeness (QED) is 0.129. The predicted octanol–water partition coefficient (Wildman–Crippen LogP) is 28.1. The van der Waals surface area contributed by atoms with Gasteiger partial charge in [0.1, 0.15) is 5.82 Å². The predicted molar refractivity (Wildman–Crippen MR) is 479 cm³/mol. The van der Waals surface area contributed by atoms with E-state index in [1.54, 1.807) is 0 Å². The molecule has 114 heavy (non-hydrogen) atoms. The molecule has 0 bridgehead atoms. The number of fused-ring (bicyclic) bond motifs is 20. The molecule has 0 fully saturated rings. The smallest absolute Gasteiger partial charge is 0.235 e. The van der Waals surface area contributed by atoms with Gasteiger partial charge in [-0.15, -0.1) is 22.7 Å².